The Morgan fingerprint density at radius 1 is 1.31 bits per heavy atom. The van der Waals surface area contributed by atoms with Crippen LogP contribution in [0.2, 0.25) is 0 Å². The summed E-state index contributed by atoms with van der Waals surface area (Å²) in [7, 11) is 1.53. The highest BCUT2D eigenvalue weighted by Gasteiger charge is 2.24. The number of carbonyl (C=O) groups excluding carboxylic acids is 2. The first-order valence-corrected chi connectivity index (χ1v) is 8.63. The number of benzene rings is 1. The van der Waals surface area contributed by atoms with Gasteiger partial charge in [0.15, 0.2) is 5.75 Å². The molecule has 0 saturated heterocycles. The van der Waals surface area contributed by atoms with Crippen LogP contribution >= 0.6 is 0 Å². The Labute approximate surface area is 152 Å². The monoisotopic (exact) mass is 357 g/mol. The number of hydrogen-bond donors (Lipinski definition) is 3. The molecule has 3 rings (SSSR count). The van der Waals surface area contributed by atoms with Crippen LogP contribution in [0.15, 0.2) is 24.3 Å². The molecule has 0 unspecified atom stereocenters. The van der Waals surface area contributed by atoms with Crippen LogP contribution in [0.1, 0.15) is 57.6 Å². The summed E-state index contributed by atoms with van der Waals surface area (Å²) in [6.45, 7) is 5.40. The summed E-state index contributed by atoms with van der Waals surface area (Å²) >= 11 is 0. The second kappa shape index (κ2) is 7.61. The number of nitrogens with one attached hydrogen (secondary N) is 3. The molecule has 2 aromatic rings. The van der Waals surface area contributed by atoms with Crippen molar-refractivity contribution >= 4 is 11.8 Å². The molecule has 2 heterocycles. The topological polar surface area (TPSA) is 92.4 Å². The van der Waals surface area contributed by atoms with Gasteiger partial charge in [0, 0.05) is 19.7 Å². The van der Waals surface area contributed by atoms with Crippen molar-refractivity contribution in [1.29, 1.82) is 0 Å². The summed E-state index contributed by atoms with van der Waals surface area (Å²) in [5, 5.41) is 5.26. The van der Waals surface area contributed by atoms with E-state index in [4.69, 9.17) is 9.47 Å². The Kier molecular flexibility index (Phi) is 5.27. The van der Waals surface area contributed by atoms with E-state index in [9.17, 15) is 9.59 Å². The van der Waals surface area contributed by atoms with E-state index < -0.39 is 0 Å². The van der Waals surface area contributed by atoms with E-state index in [1.165, 1.54) is 7.05 Å². The highest BCUT2D eigenvalue weighted by Crippen LogP contribution is 2.32. The van der Waals surface area contributed by atoms with Gasteiger partial charge >= 0.3 is 0 Å². The summed E-state index contributed by atoms with van der Waals surface area (Å²) in [5.74, 6) is -0.284. The first kappa shape index (κ1) is 18.0. The number of rotatable bonds is 6. The first-order chi connectivity index (χ1) is 12.5. The van der Waals surface area contributed by atoms with Gasteiger partial charge in [-0.1, -0.05) is 18.2 Å². The van der Waals surface area contributed by atoms with Crippen molar-refractivity contribution in [1.82, 2.24) is 15.6 Å². The number of carbonyl (C=O) groups is 2. The number of ether oxygens (including phenoxy) is 2. The molecule has 0 aliphatic carbocycles. The largest absolute Gasteiger partial charge is 0.484 e. The van der Waals surface area contributed by atoms with Crippen LogP contribution in [0.5, 0.6) is 5.75 Å². The Balaban J connectivity index is 1.90. The summed E-state index contributed by atoms with van der Waals surface area (Å²) in [6.07, 6.45) is -0.298. The summed E-state index contributed by atoms with van der Waals surface area (Å²) in [4.78, 5) is 27.1. The summed E-state index contributed by atoms with van der Waals surface area (Å²) < 4.78 is 11.6. The molecule has 1 aromatic heterocycles. The van der Waals surface area contributed by atoms with Gasteiger partial charge in [-0.2, -0.15) is 0 Å². The van der Waals surface area contributed by atoms with E-state index in [0.717, 1.165) is 16.7 Å². The number of aromatic amines is 1. The van der Waals surface area contributed by atoms with Crippen LogP contribution in [-0.4, -0.2) is 30.4 Å². The minimum absolute atomic E-state index is 0.226. The molecule has 1 aliphatic heterocycles. The number of hydrogen-bond acceptors (Lipinski definition) is 4. The third-order valence-corrected chi connectivity index (χ3v) is 4.37. The molecule has 7 heteroatoms. The maximum atomic E-state index is 12.2. The minimum atomic E-state index is -0.343. The Morgan fingerprint density at radius 3 is 2.85 bits per heavy atom. The molecule has 26 heavy (non-hydrogen) atoms. The van der Waals surface area contributed by atoms with E-state index in [-0.39, 0.29) is 29.3 Å². The lowest BCUT2D eigenvalue weighted by molar-refractivity contribution is 0.0951. The average molecular weight is 357 g/mol. The van der Waals surface area contributed by atoms with Gasteiger partial charge in [-0.05, 0) is 30.5 Å². The van der Waals surface area contributed by atoms with Gasteiger partial charge < -0.3 is 25.1 Å². The first-order valence-electron chi connectivity index (χ1n) is 8.63. The molecule has 7 nitrogen and oxygen atoms in total. The molecule has 0 radical (unpaired) electrons. The van der Waals surface area contributed by atoms with Crippen molar-refractivity contribution in [3.05, 3.63) is 52.3 Å². The van der Waals surface area contributed by atoms with Crippen molar-refractivity contribution in [3.8, 4) is 5.75 Å². The van der Waals surface area contributed by atoms with Gasteiger partial charge in [0.05, 0.1) is 13.2 Å². The lowest BCUT2D eigenvalue weighted by Crippen LogP contribution is -2.23. The van der Waals surface area contributed by atoms with Crippen LogP contribution < -0.4 is 15.4 Å². The zero-order valence-electron chi connectivity index (χ0n) is 15.1. The van der Waals surface area contributed by atoms with Gasteiger partial charge in [0.1, 0.15) is 17.5 Å². The average Bonchev–Trinajstić information content (AvgIpc) is 3.27. The zero-order valence-corrected chi connectivity index (χ0v) is 15.1. The standard InChI is InChI=1S/C19H23N3O4/c1-4-21-18(23)15-8-16(17(22-15)19(24)20-3)26-11(2)13-7-5-6-12-9-25-10-14(12)13/h5-8,11,22H,4,9-10H2,1-3H3,(H,20,24)(H,21,23)/t11-/m0/s1. The smallest absolute Gasteiger partial charge is 0.271 e. The van der Waals surface area contributed by atoms with Gasteiger partial charge in [0.2, 0.25) is 0 Å². The maximum Gasteiger partial charge on any atom is 0.271 e. The highest BCUT2D eigenvalue weighted by molar-refractivity contribution is 5.99. The van der Waals surface area contributed by atoms with Crippen molar-refractivity contribution in [2.24, 2.45) is 0 Å². The maximum absolute atomic E-state index is 12.2. The van der Waals surface area contributed by atoms with Crippen molar-refractivity contribution in [3.63, 3.8) is 0 Å². The summed E-state index contributed by atoms with van der Waals surface area (Å²) in [5.41, 5.74) is 3.81. The third kappa shape index (κ3) is 3.43. The fourth-order valence-electron chi connectivity index (χ4n) is 3.06. The quantitative estimate of drug-likeness (QED) is 0.740. The second-order valence-corrected chi connectivity index (χ2v) is 6.10. The number of aromatic nitrogens is 1. The van der Waals surface area contributed by atoms with Crippen molar-refractivity contribution in [2.75, 3.05) is 13.6 Å². The van der Waals surface area contributed by atoms with Crippen LogP contribution in [0.3, 0.4) is 0 Å². The lowest BCUT2D eigenvalue weighted by Gasteiger charge is -2.17. The lowest BCUT2D eigenvalue weighted by atomic mass is 10.00. The molecule has 2 amide bonds. The molecule has 1 aliphatic rings. The second-order valence-electron chi connectivity index (χ2n) is 6.10. The Morgan fingerprint density at radius 2 is 2.12 bits per heavy atom. The van der Waals surface area contributed by atoms with Gasteiger partial charge in [-0.3, -0.25) is 9.59 Å². The van der Waals surface area contributed by atoms with Crippen LogP contribution in [0, 0.1) is 0 Å². The normalized spacial score (nSPS) is 13.8. The van der Waals surface area contributed by atoms with Gasteiger partial charge in [-0.15, -0.1) is 0 Å². The third-order valence-electron chi connectivity index (χ3n) is 4.37. The van der Waals surface area contributed by atoms with E-state index in [0.29, 0.717) is 25.5 Å². The molecule has 0 spiro atoms. The van der Waals surface area contributed by atoms with E-state index in [1.54, 1.807) is 6.07 Å². The number of amides is 2. The van der Waals surface area contributed by atoms with E-state index in [2.05, 4.69) is 15.6 Å². The van der Waals surface area contributed by atoms with Crippen molar-refractivity contribution < 1.29 is 19.1 Å². The predicted octanol–water partition coefficient (Wildman–Crippen LogP) is 2.29. The van der Waals surface area contributed by atoms with Crippen LogP contribution in [0.4, 0.5) is 0 Å². The minimum Gasteiger partial charge on any atom is -0.484 e. The molecule has 0 fully saturated rings. The number of H-pyrrole nitrogens is 1. The molecule has 138 valence electrons. The molecule has 1 aromatic carbocycles. The number of fused-ring (bicyclic) bond motifs is 1. The molecule has 0 bridgehead atoms. The van der Waals surface area contributed by atoms with Gasteiger partial charge in [-0.25, -0.2) is 0 Å². The van der Waals surface area contributed by atoms with Crippen LogP contribution in [-0.2, 0) is 18.0 Å². The highest BCUT2D eigenvalue weighted by atomic mass is 16.5. The van der Waals surface area contributed by atoms with Crippen molar-refractivity contribution in [2.45, 2.75) is 33.2 Å². The molecule has 0 saturated carbocycles. The summed E-state index contributed by atoms with van der Waals surface area (Å²) in [6, 6.07) is 7.57. The van der Waals surface area contributed by atoms with Crippen LogP contribution in [0.25, 0.3) is 0 Å². The fraction of sp³-hybridized carbons (Fsp3) is 0.368. The van der Waals surface area contributed by atoms with E-state index >= 15 is 0 Å². The predicted molar refractivity (Wildman–Crippen MR) is 96.2 cm³/mol. The fourth-order valence-corrected chi connectivity index (χ4v) is 3.06. The SMILES string of the molecule is CCNC(=O)c1cc(O[C@@H](C)c2cccc3c2COC3)c(C(=O)NC)[nH]1. The Bertz CT molecular complexity index is 828. The zero-order chi connectivity index (χ0) is 18.7. The Hall–Kier alpha value is -2.80. The molecule has 3 N–H and O–H groups in total. The molecular formula is C19H23N3O4. The molecule has 1 atom stereocenters. The molecular weight excluding hydrogens is 334 g/mol. The van der Waals surface area contributed by atoms with Gasteiger partial charge in [0.25, 0.3) is 11.8 Å². The van der Waals surface area contributed by atoms with E-state index in [1.807, 2.05) is 32.0 Å².